The van der Waals surface area contributed by atoms with Gasteiger partial charge in [0.15, 0.2) is 15.9 Å². The summed E-state index contributed by atoms with van der Waals surface area (Å²) in [6.45, 7) is 3.64. The summed E-state index contributed by atoms with van der Waals surface area (Å²) in [5, 5.41) is 11.9. The predicted octanol–water partition coefficient (Wildman–Crippen LogP) is 4.39. The molecule has 0 aliphatic heterocycles. The van der Waals surface area contributed by atoms with Crippen molar-refractivity contribution >= 4 is 45.0 Å². The number of carbonyl (C=O) groups is 1. The normalized spacial score (nSPS) is 11.9. The molecule has 0 fully saturated rings. The standard InChI is InChI=1S/C22H20N4O3S2/c1-13-8-9-18-17(10-13)19(27)11-15(23-18)12-30-22-26-25-21(31-22)24-20(28)14(2)29-16-6-4-3-5-7-16/h3-11,14H,12H2,1-2H3,(H,23,27)(H,24,25,28)/t14-/m0/s1. The molecule has 158 valence electrons. The van der Waals surface area contributed by atoms with E-state index in [1.165, 1.54) is 23.1 Å². The fraction of sp³-hybridized carbons (Fsp3) is 0.182. The van der Waals surface area contributed by atoms with Gasteiger partial charge in [-0.2, -0.15) is 0 Å². The Balaban J connectivity index is 1.36. The first-order valence-electron chi connectivity index (χ1n) is 9.59. The van der Waals surface area contributed by atoms with Crippen molar-refractivity contribution in [2.24, 2.45) is 0 Å². The molecule has 4 rings (SSSR count). The van der Waals surface area contributed by atoms with Crippen molar-refractivity contribution in [2.75, 3.05) is 5.32 Å². The minimum atomic E-state index is -0.672. The van der Waals surface area contributed by atoms with E-state index < -0.39 is 6.10 Å². The number of fused-ring (bicyclic) bond motifs is 1. The molecule has 9 heteroatoms. The van der Waals surface area contributed by atoms with E-state index in [2.05, 4.69) is 20.5 Å². The number of benzene rings is 2. The number of para-hydroxylation sites is 1. The first-order valence-corrected chi connectivity index (χ1v) is 11.4. The molecule has 0 saturated heterocycles. The number of anilines is 1. The third-order valence-electron chi connectivity index (χ3n) is 4.45. The largest absolute Gasteiger partial charge is 0.481 e. The van der Waals surface area contributed by atoms with Crippen LogP contribution in [0, 0.1) is 6.92 Å². The van der Waals surface area contributed by atoms with E-state index in [-0.39, 0.29) is 11.3 Å². The van der Waals surface area contributed by atoms with Crippen LogP contribution in [0.1, 0.15) is 18.2 Å². The van der Waals surface area contributed by atoms with E-state index >= 15 is 0 Å². The summed E-state index contributed by atoms with van der Waals surface area (Å²) < 4.78 is 6.31. The lowest BCUT2D eigenvalue weighted by atomic mass is 10.1. The van der Waals surface area contributed by atoms with E-state index in [9.17, 15) is 9.59 Å². The van der Waals surface area contributed by atoms with Crippen LogP contribution in [0.15, 0.2) is 63.7 Å². The Morgan fingerprint density at radius 3 is 2.81 bits per heavy atom. The van der Waals surface area contributed by atoms with Gasteiger partial charge in [0.2, 0.25) is 5.13 Å². The molecule has 0 saturated carbocycles. The summed E-state index contributed by atoms with van der Waals surface area (Å²) in [7, 11) is 0. The van der Waals surface area contributed by atoms with Crippen LogP contribution in [-0.2, 0) is 10.5 Å². The highest BCUT2D eigenvalue weighted by Crippen LogP contribution is 2.28. The third-order valence-corrected chi connectivity index (χ3v) is 6.47. The molecule has 4 aromatic rings. The molecule has 0 spiro atoms. The van der Waals surface area contributed by atoms with Crippen LogP contribution in [-0.4, -0.2) is 27.2 Å². The van der Waals surface area contributed by atoms with Crippen LogP contribution in [0.2, 0.25) is 0 Å². The summed E-state index contributed by atoms with van der Waals surface area (Å²) in [6, 6.07) is 16.5. The second-order valence-corrected chi connectivity index (χ2v) is 9.13. The number of rotatable bonds is 7. The molecular weight excluding hydrogens is 432 g/mol. The Hall–Kier alpha value is -3.17. The van der Waals surface area contributed by atoms with Crippen molar-refractivity contribution in [1.82, 2.24) is 15.2 Å². The zero-order valence-electron chi connectivity index (χ0n) is 16.9. The van der Waals surface area contributed by atoms with E-state index in [0.29, 0.717) is 26.4 Å². The molecule has 2 heterocycles. The maximum Gasteiger partial charge on any atom is 0.266 e. The fourth-order valence-electron chi connectivity index (χ4n) is 2.92. The highest BCUT2D eigenvalue weighted by atomic mass is 32.2. The molecule has 0 aliphatic rings. The van der Waals surface area contributed by atoms with Crippen LogP contribution < -0.4 is 15.5 Å². The van der Waals surface area contributed by atoms with Crippen molar-refractivity contribution in [3.8, 4) is 5.75 Å². The summed E-state index contributed by atoms with van der Waals surface area (Å²) in [5.41, 5.74) is 2.65. The number of ether oxygens (including phenoxy) is 1. The minimum Gasteiger partial charge on any atom is -0.481 e. The first-order chi connectivity index (χ1) is 15.0. The number of nitrogens with one attached hydrogen (secondary N) is 2. The number of hydrogen-bond donors (Lipinski definition) is 2. The van der Waals surface area contributed by atoms with Gasteiger partial charge in [0, 0.05) is 28.4 Å². The second kappa shape index (κ2) is 9.32. The van der Waals surface area contributed by atoms with Gasteiger partial charge in [0.25, 0.3) is 5.91 Å². The maximum absolute atomic E-state index is 12.4. The zero-order chi connectivity index (χ0) is 21.8. The SMILES string of the molecule is Cc1ccc2[nH]c(CSc3nnc(NC(=O)[C@H](C)Oc4ccccc4)s3)cc(=O)c2c1. The molecule has 2 aromatic carbocycles. The lowest BCUT2D eigenvalue weighted by Crippen LogP contribution is -2.30. The summed E-state index contributed by atoms with van der Waals surface area (Å²) in [4.78, 5) is 28.0. The number of aromatic nitrogens is 3. The second-order valence-electron chi connectivity index (χ2n) is 6.93. The Bertz CT molecular complexity index is 1270. The number of amides is 1. The van der Waals surface area contributed by atoms with Crippen molar-refractivity contribution in [1.29, 1.82) is 0 Å². The molecule has 1 amide bonds. The molecule has 0 radical (unpaired) electrons. The van der Waals surface area contributed by atoms with Gasteiger partial charge < -0.3 is 9.72 Å². The maximum atomic E-state index is 12.4. The van der Waals surface area contributed by atoms with Gasteiger partial charge >= 0.3 is 0 Å². The number of H-pyrrole nitrogens is 1. The van der Waals surface area contributed by atoms with Gasteiger partial charge in [-0.25, -0.2) is 0 Å². The molecule has 2 N–H and O–H groups in total. The molecule has 1 atom stereocenters. The lowest BCUT2D eigenvalue weighted by Gasteiger charge is -2.13. The summed E-state index contributed by atoms with van der Waals surface area (Å²) >= 11 is 2.72. The molecule has 0 bridgehead atoms. The first kappa shape index (κ1) is 21.1. The number of aromatic amines is 1. The van der Waals surface area contributed by atoms with E-state index in [0.717, 1.165) is 16.8 Å². The summed E-state index contributed by atoms with van der Waals surface area (Å²) in [6.07, 6.45) is -0.672. The van der Waals surface area contributed by atoms with Crippen LogP contribution in [0.5, 0.6) is 5.75 Å². The Labute approximate surface area is 186 Å². The number of nitrogens with zero attached hydrogens (tertiary/aromatic N) is 2. The molecule has 31 heavy (non-hydrogen) atoms. The number of aryl methyl sites for hydroxylation is 1. The number of pyridine rings is 1. The monoisotopic (exact) mass is 452 g/mol. The van der Waals surface area contributed by atoms with Crippen molar-refractivity contribution in [3.63, 3.8) is 0 Å². The third kappa shape index (κ3) is 5.31. The quantitative estimate of drug-likeness (QED) is 0.319. The highest BCUT2D eigenvalue weighted by molar-refractivity contribution is 8.00. The smallest absolute Gasteiger partial charge is 0.266 e. The Morgan fingerprint density at radius 1 is 1.19 bits per heavy atom. The van der Waals surface area contributed by atoms with Crippen molar-refractivity contribution in [2.45, 2.75) is 30.0 Å². The van der Waals surface area contributed by atoms with Gasteiger partial charge in [0.1, 0.15) is 5.75 Å². The number of carbonyl (C=O) groups excluding carboxylic acids is 1. The molecule has 2 aromatic heterocycles. The summed E-state index contributed by atoms with van der Waals surface area (Å²) in [5.74, 6) is 0.860. The van der Waals surface area contributed by atoms with Crippen LogP contribution in [0.3, 0.4) is 0 Å². The van der Waals surface area contributed by atoms with E-state index in [1.54, 1.807) is 25.1 Å². The van der Waals surface area contributed by atoms with Gasteiger partial charge in [-0.3, -0.25) is 14.9 Å². The Kier molecular flexibility index (Phi) is 6.34. The van der Waals surface area contributed by atoms with Crippen LogP contribution >= 0.6 is 23.1 Å². The van der Waals surface area contributed by atoms with Crippen molar-refractivity contribution in [3.05, 3.63) is 76.1 Å². The minimum absolute atomic E-state index is 0.00864. The number of thioether (sulfide) groups is 1. The van der Waals surface area contributed by atoms with Gasteiger partial charge in [-0.15, -0.1) is 10.2 Å². The highest BCUT2D eigenvalue weighted by Gasteiger charge is 2.17. The lowest BCUT2D eigenvalue weighted by molar-refractivity contribution is -0.122. The Morgan fingerprint density at radius 2 is 2.00 bits per heavy atom. The molecule has 0 aliphatic carbocycles. The fourth-order valence-corrected chi connectivity index (χ4v) is 4.58. The van der Waals surface area contributed by atoms with Crippen LogP contribution in [0.4, 0.5) is 5.13 Å². The zero-order valence-corrected chi connectivity index (χ0v) is 18.5. The predicted molar refractivity (Wildman–Crippen MR) is 124 cm³/mol. The van der Waals surface area contributed by atoms with Gasteiger partial charge in [-0.1, -0.05) is 52.9 Å². The molecular formula is C22H20N4O3S2. The average Bonchev–Trinajstić information content (AvgIpc) is 3.21. The molecule has 7 nitrogen and oxygen atoms in total. The van der Waals surface area contributed by atoms with Crippen LogP contribution in [0.25, 0.3) is 10.9 Å². The topological polar surface area (TPSA) is 97.0 Å². The average molecular weight is 453 g/mol. The van der Waals surface area contributed by atoms with E-state index in [1.807, 2.05) is 43.3 Å². The van der Waals surface area contributed by atoms with Gasteiger partial charge in [-0.05, 0) is 38.1 Å². The molecule has 0 unspecified atom stereocenters. The van der Waals surface area contributed by atoms with Crippen molar-refractivity contribution < 1.29 is 9.53 Å². The number of hydrogen-bond acceptors (Lipinski definition) is 7. The van der Waals surface area contributed by atoms with Gasteiger partial charge in [0.05, 0.1) is 0 Å². The van der Waals surface area contributed by atoms with E-state index in [4.69, 9.17) is 4.74 Å².